The van der Waals surface area contributed by atoms with Crippen molar-refractivity contribution in [2.45, 2.75) is 58.3 Å². The van der Waals surface area contributed by atoms with Gasteiger partial charge in [0.15, 0.2) is 0 Å². The van der Waals surface area contributed by atoms with E-state index >= 15 is 0 Å². The number of hydrogen-bond donors (Lipinski definition) is 0. The molecule has 0 aliphatic carbocycles. The van der Waals surface area contributed by atoms with E-state index in [0.717, 1.165) is 25.0 Å². The molecule has 0 bridgehead atoms. The first kappa shape index (κ1) is 12.4. The van der Waals surface area contributed by atoms with Gasteiger partial charge in [-0.2, -0.15) is 0 Å². The van der Waals surface area contributed by atoms with Gasteiger partial charge in [-0.1, -0.05) is 19.1 Å². The Hall–Kier alpha value is -1.02. The van der Waals surface area contributed by atoms with Crippen molar-refractivity contribution in [3.63, 3.8) is 0 Å². The minimum Gasteiger partial charge on any atom is -0.490 e. The molecular formula is C15H22O2. The van der Waals surface area contributed by atoms with Gasteiger partial charge in [0.05, 0.1) is 12.2 Å². The maximum Gasteiger partial charge on any atom is 0.119 e. The summed E-state index contributed by atoms with van der Waals surface area (Å²) in [4.78, 5) is 0. The van der Waals surface area contributed by atoms with Gasteiger partial charge >= 0.3 is 0 Å². The summed E-state index contributed by atoms with van der Waals surface area (Å²) in [5, 5.41) is 0. The Balaban J connectivity index is 1.95. The molecule has 1 aromatic carbocycles. The van der Waals surface area contributed by atoms with Crippen LogP contribution in [0.15, 0.2) is 24.3 Å². The molecule has 2 atom stereocenters. The molecular weight excluding hydrogens is 212 g/mol. The molecule has 0 radical (unpaired) electrons. The zero-order valence-electron chi connectivity index (χ0n) is 11.0. The molecule has 2 heteroatoms. The first-order chi connectivity index (χ1) is 8.17. The smallest absolute Gasteiger partial charge is 0.119 e. The van der Waals surface area contributed by atoms with E-state index in [0.29, 0.717) is 18.3 Å². The predicted octanol–water partition coefficient (Wildman–Crippen LogP) is 3.58. The Kier molecular flexibility index (Phi) is 4.06. The lowest BCUT2D eigenvalue weighted by Crippen LogP contribution is -2.35. The van der Waals surface area contributed by atoms with Crippen LogP contribution in [0.3, 0.4) is 0 Å². The molecule has 0 aromatic heterocycles. The lowest BCUT2D eigenvalue weighted by atomic mass is 10.0. The van der Waals surface area contributed by atoms with Gasteiger partial charge in [0.25, 0.3) is 0 Å². The largest absolute Gasteiger partial charge is 0.490 e. The highest BCUT2D eigenvalue weighted by Gasteiger charge is 2.25. The Morgan fingerprint density at radius 1 is 1.12 bits per heavy atom. The normalized spacial score (nSPS) is 29.0. The van der Waals surface area contributed by atoms with Crippen LogP contribution in [0.5, 0.6) is 5.75 Å². The van der Waals surface area contributed by atoms with Gasteiger partial charge in [-0.25, -0.2) is 0 Å². The topological polar surface area (TPSA) is 18.5 Å². The van der Waals surface area contributed by atoms with Gasteiger partial charge in [-0.15, -0.1) is 0 Å². The molecule has 0 amide bonds. The van der Waals surface area contributed by atoms with Crippen molar-refractivity contribution in [3.05, 3.63) is 29.8 Å². The number of hydrogen-bond acceptors (Lipinski definition) is 2. The fourth-order valence-corrected chi connectivity index (χ4v) is 2.44. The lowest BCUT2D eigenvalue weighted by Gasteiger charge is -2.32. The fraction of sp³-hybridized carbons (Fsp3) is 0.600. The summed E-state index contributed by atoms with van der Waals surface area (Å²) < 4.78 is 11.7. The van der Waals surface area contributed by atoms with Gasteiger partial charge in [0, 0.05) is 12.8 Å². The fourth-order valence-electron chi connectivity index (χ4n) is 2.44. The monoisotopic (exact) mass is 234 g/mol. The van der Waals surface area contributed by atoms with Crippen molar-refractivity contribution in [2.75, 3.05) is 0 Å². The van der Waals surface area contributed by atoms with Gasteiger partial charge < -0.3 is 9.47 Å². The Bertz CT molecular complexity index is 334. The van der Waals surface area contributed by atoms with Crippen LogP contribution in [0.1, 0.15) is 39.2 Å². The van der Waals surface area contributed by atoms with Gasteiger partial charge in [0.1, 0.15) is 11.9 Å². The second-order valence-corrected chi connectivity index (χ2v) is 4.97. The maximum atomic E-state index is 6.02. The number of aryl methyl sites for hydroxylation is 1. The third-order valence-corrected chi connectivity index (χ3v) is 3.29. The van der Waals surface area contributed by atoms with Crippen molar-refractivity contribution in [1.82, 2.24) is 0 Å². The van der Waals surface area contributed by atoms with Crippen LogP contribution >= 0.6 is 0 Å². The molecule has 2 unspecified atom stereocenters. The van der Waals surface area contributed by atoms with Crippen LogP contribution in [0.25, 0.3) is 0 Å². The minimum absolute atomic E-state index is 0.293. The van der Waals surface area contributed by atoms with Gasteiger partial charge in [-0.05, 0) is 38.0 Å². The first-order valence-corrected chi connectivity index (χ1v) is 6.58. The predicted molar refractivity (Wildman–Crippen MR) is 69.5 cm³/mol. The van der Waals surface area contributed by atoms with Crippen molar-refractivity contribution >= 4 is 0 Å². The van der Waals surface area contributed by atoms with E-state index in [2.05, 4.69) is 45.0 Å². The molecule has 1 saturated heterocycles. The van der Waals surface area contributed by atoms with Crippen LogP contribution in [-0.2, 0) is 11.2 Å². The highest BCUT2D eigenvalue weighted by molar-refractivity contribution is 5.27. The van der Waals surface area contributed by atoms with E-state index in [-0.39, 0.29) is 0 Å². The second-order valence-electron chi connectivity index (χ2n) is 4.97. The lowest BCUT2D eigenvalue weighted by molar-refractivity contribution is -0.0721. The van der Waals surface area contributed by atoms with E-state index in [1.54, 1.807) is 0 Å². The molecule has 94 valence electrons. The molecule has 2 nitrogen and oxygen atoms in total. The summed E-state index contributed by atoms with van der Waals surface area (Å²) in [7, 11) is 0. The Labute approximate surface area is 104 Å². The van der Waals surface area contributed by atoms with E-state index in [1.165, 1.54) is 5.56 Å². The number of ether oxygens (including phenoxy) is 2. The maximum absolute atomic E-state index is 6.02. The summed E-state index contributed by atoms with van der Waals surface area (Å²) in [6.45, 7) is 6.40. The van der Waals surface area contributed by atoms with Crippen molar-refractivity contribution in [3.8, 4) is 5.75 Å². The van der Waals surface area contributed by atoms with Crippen molar-refractivity contribution in [2.24, 2.45) is 0 Å². The highest BCUT2D eigenvalue weighted by atomic mass is 16.5. The van der Waals surface area contributed by atoms with E-state index < -0.39 is 0 Å². The van der Waals surface area contributed by atoms with Crippen LogP contribution in [0.2, 0.25) is 0 Å². The van der Waals surface area contributed by atoms with Gasteiger partial charge in [-0.3, -0.25) is 0 Å². The highest BCUT2D eigenvalue weighted by Crippen LogP contribution is 2.24. The zero-order valence-corrected chi connectivity index (χ0v) is 11.0. The number of benzene rings is 1. The standard InChI is InChI=1S/C15H22O2/c1-4-13-5-7-14(8-6-13)17-15-9-11(2)16-12(3)10-15/h5-8,11-12,15H,4,9-10H2,1-3H3. The molecule has 17 heavy (non-hydrogen) atoms. The summed E-state index contributed by atoms with van der Waals surface area (Å²) in [6, 6.07) is 8.43. The van der Waals surface area contributed by atoms with Crippen LogP contribution < -0.4 is 4.74 Å². The molecule has 0 N–H and O–H groups in total. The molecule has 1 aliphatic rings. The van der Waals surface area contributed by atoms with Crippen LogP contribution in [-0.4, -0.2) is 18.3 Å². The summed E-state index contributed by atoms with van der Waals surface area (Å²) in [5.41, 5.74) is 1.35. The Morgan fingerprint density at radius 3 is 2.24 bits per heavy atom. The van der Waals surface area contributed by atoms with Gasteiger partial charge in [0.2, 0.25) is 0 Å². The minimum atomic E-state index is 0.293. The molecule has 1 aromatic rings. The molecule has 1 aliphatic heterocycles. The average molecular weight is 234 g/mol. The third-order valence-electron chi connectivity index (χ3n) is 3.29. The van der Waals surface area contributed by atoms with Crippen molar-refractivity contribution in [1.29, 1.82) is 0 Å². The average Bonchev–Trinajstić information content (AvgIpc) is 2.28. The van der Waals surface area contributed by atoms with E-state index in [9.17, 15) is 0 Å². The quantitative estimate of drug-likeness (QED) is 0.795. The molecule has 2 rings (SSSR count). The third kappa shape index (κ3) is 3.47. The van der Waals surface area contributed by atoms with Crippen LogP contribution in [0, 0.1) is 0 Å². The molecule has 0 saturated carbocycles. The Morgan fingerprint density at radius 2 is 1.71 bits per heavy atom. The summed E-state index contributed by atoms with van der Waals surface area (Å²) in [6.07, 6.45) is 3.95. The molecule has 0 spiro atoms. The summed E-state index contributed by atoms with van der Waals surface area (Å²) >= 11 is 0. The van der Waals surface area contributed by atoms with E-state index in [1.807, 2.05) is 0 Å². The van der Waals surface area contributed by atoms with Crippen LogP contribution in [0.4, 0.5) is 0 Å². The van der Waals surface area contributed by atoms with Crippen molar-refractivity contribution < 1.29 is 9.47 Å². The molecule has 1 heterocycles. The van der Waals surface area contributed by atoms with E-state index in [4.69, 9.17) is 9.47 Å². The SMILES string of the molecule is CCc1ccc(OC2CC(C)OC(C)C2)cc1. The first-order valence-electron chi connectivity index (χ1n) is 6.58. The zero-order chi connectivity index (χ0) is 12.3. The molecule has 1 fully saturated rings. The summed E-state index contributed by atoms with van der Waals surface area (Å²) in [5.74, 6) is 0.980. The second kappa shape index (κ2) is 5.54. The number of rotatable bonds is 3.